The maximum atomic E-state index is 11.5. The second kappa shape index (κ2) is 5.88. The van der Waals surface area contributed by atoms with Crippen LogP contribution in [0.25, 0.3) is 0 Å². The van der Waals surface area contributed by atoms with Gasteiger partial charge in [-0.3, -0.25) is 9.69 Å². The number of carbonyl (C=O) groups excluding carboxylic acids is 1. The molecule has 2 aliphatic heterocycles. The van der Waals surface area contributed by atoms with Crippen LogP contribution in [-0.2, 0) is 16.1 Å². The van der Waals surface area contributed by atoms with Gasteiger partial charge in [0.2, 0.25) is 5.89 Å². The Morgan fingerprint density at radius 3 is 3.05 bits per heavy atom. The van der Waals surface area contributed by atoms with Gasteiger partial charge in [-0.05, 0) is 19.4 Å². The second-order valence-corrected chi connectivity index (χ2v) is 5.48. The number of cyclic esters (lactones) is 1. The minimum atomic E-state index is -0.132. The molecular formula is C13H20N4O3. The molecule has 0 unspecified atom stereocenters. The Balaban J connectivity index is 1.52. The number of aromatic nitrogens is 2. The fourth-order valence-electron chi connectivity index (χ4n) is 2.87. The van der Waals surface area contributed by atoms with Crippen molar-refractivity contribution in [3.8, 4) is 0 Å². The van der Waals surface area contributed by atoms with Crippen molar-refractivity contribution in [1.82, 2.24) is 20.4 Å². The quantitative estimate of drug-likeness (QED) is 0.792. The van der Waals surface area contributed by atoms with E-state index < -0.39 is 0 Å². The average Bonchev–Trinajstić information content (AvgIpc) is 3.00. The van der Waals surface area contributed by atoms with E-state index in [9.17, 15) is 4.79 Å². The Hall–Kier alpha value is -1.47. The summed E-state index contributed by atoms with van der Waals surface area (Å²) in [5.41, 5.74) is 0. The molecule has 2 saturated heterocycles. The molecule has 1 N–H and O–H groups in total. The van der Waals surface area contributed by atoms with E-state index in [4.69, 9.17) is 9.26 Å². The molecular weight excluding hydrogens is 260 g/mol. The normalized spacial score (nSPS) is 27.8. The first-order valence-corrected chi connectivity index (χ1v) is 7.15. The highest BCUT2D eigenvalue weighted by Crippen LogP contribution is 2.15. The molecule has 3 heterocycles. The van der Waals surface area contributed by atoms with Crippen molar-refractivity contribution in [2.24, 2.45) is 0 Å². The highest BCUT2D eigenvalue weighted by molar-refractivity contribution is 5.77. The maximum absolute atomic E-state index is 11.5. The van der Waals surface area contributed by atoms with Gasteiger partial charge in [0.1, 0.15) is 6.04 Å². The van der Waals surface area contributed by atoms with Crippen LogP contribution in [-0.4, -0.2) is 52.8 Å². The lowest BCUT2D eigenvalue weighted by Crippen LogP contribution is -2.50. The largest absolute Gasteiger partial charge is 0.464 e. The average molecular weight is 280 g/mol. The number of hydrogen-bond donors (Lipinski definition) is 1. The SMILES string of the molecule is Cc1nc(CN2CCC[C@H](N[C@H]3CCOC3=O)C2)no1. The Labute approximate surface area is 117 Å². The maximum Gasteiger partial charge on any atom is 0.323 e. The lowest BCUT2D eigenvalue weighted by Gasteiger charge is -2.33. The molecule has 3 rings (SSSR count). The molecule has 1 aromatic rings. The standard InChI is InChI=1S/C13H20N4O3/c1-9-14-12(16-20-9)8-17-5-2-3-10(7-17)15-11-4-6-19-13(11)18/h10-11,15H,2-8H2,1H3/t10-,11-/m0/s1. The number of nitrogens with zero attached hydrogens (tertiary/aromatic N) is 3. The van der Waals surface area contributed by atoms with Gasteiger partial charge in [-0.25, -0.2) is 0 Å². The van der Waals surface area contributed by atoms with E-state index in [1.807, 2.05) is 0 Å². The lowest BCUT2D eigenvalue weighted by molar-refractivity contribution is -0.139. The van der Waals surface area contributed by atoms with Crippen LogP contribution in [0.15, 0.2) is 4.52 Å². The van der Waals surface area contributed by atoms with Gasteiger partial charge in [0.05, 0.1) is 13.2 Å². The van der Waals surface area contributed by atoms with Gasteiger partial charge in [0, 0.05) is 25.9 Å². The van der Waals surface area contributed by atoms with Crippen LogP contribution in [0.3, 0.4) is 0 Å². The van der Waals surface area contributed by atoms with Crippen molar-refractivity contribution < 1.29 is 14.1 Å². The molecule has 110 valence electrons. The van der Waals surface area contributed by atoms with E-state index in [2.05, 4.69) is 20.4 Å². The van der Waals surface area contributed by atoms with E-state index in [1.165, 1.54) is 0 Å². The number of piperidine rings is 1. The van der Waals surface area contributed by atoms with Crippen LogP contribution in [0.1, 0.15) is 31.0 Å². The van der Waals surface area contributed by atoms with Crippen molar-refractivity contribution in [2.75, 3.05) is 19.7 Å². The van der Waals surface area contributed by atoms with Crippen LogP contribution in [0.2, 0.25) is 0 Å². The third-order valence-corrected chi connectivity index (χ3v) is 3.81. The molecule has 0 saturated carbocycles. The van der Waals surface area contributed by atoms with Gasteiger partial charge in [0.15, 0.2) is 5.82 Å². The van der Waals surface area contributed by atoms with Crippen molar-refractivity contribution in [3.05, 3.63) is 11.7 Å². The number of esters is 1. The van der Waals surface area contributed by atoms with E-state index >= 15 is 0 Å². The van der Waals surface area contributed by atoms with Crippen LogP contribution < -0.4 is 5.32 Å². The summed E-state index contributed by atoms with van der Waals surface area (Å²) in [7, 11) is 0. The predicted octanol–water partition coefficient (Wildman–Crippen LogP) is 0.248. The van der Waals surface area contributed by atoms with Crippen LogP contribution in [0, 0.1) is 6.92 Å². The summed E-state index contributed by atoms with van der Waals surface area (Å²) < 4.78 is 9.97. The molecule has 20 heavy (non-hydrogen) atoms. The number of nitrogens with one attached hydrogen (secondary N) is 1. The van der Waals surface area contributed by atoms with Gasteiger partial charge in [0.25, 0.3) is 0 Å². The van der Waals surface area contributed by atoms with Crippen molar-refractivity contribution in [1.29, 1.82) is 0 Å². The topological polar surface area (TPSA) is 80.5 Å². The number of aryl methyl sites for hydroxylation is 1. The van der Waals surface area contributed by atoms with Gasteiger partial charge in [-0.15, -0.1) is 0 Å². The fourth-order valence-corrected chi connectivity index (χ4v) is 2.87. The monoisotopic (exact) mass is 280 g/mol. The first kappa shape index (κ1) is 13.5. The minimum absolute atomic E-state index is 0.115. The molecule has 7 heteroatoms. The van der Waals surface area contributed by atoms with Crippen molar-refractivity contribution in [2.45, 2.75) is 44.8 Å². The minimum Gasteiger partial charge on any atom is -0.464 e. The van der Waals surface area contributed by atoms with Gasteiger partial charge < -0.3 is 14.6 Å². The zero-order valence-electron chi connectivity index (χ0n) is 11.7. The highest BCUT2D eigenvalue weighted by Gasteiger charge is 2.30. The summed E-state index contributed by atoms with van der Waals surface area (Å²) in [6.45, 7) is 4.96. The first-order chi connectivity index (χ1) is 9.70. The number of carbonyl (C=O) groups is 1. The summed E-state index contributed by atoms with van der Waals surface area (Å²) in [6, 6.07) is 0.194. The molecule has 0 amide bonds. The fraction of sp³-hybridized carbons (Fsp3) is 0.769. The zero-order chi connectivity index (χ0) is 13.9. The van der Waals surface area contributed by atoms with E-state index in [0.717, 1.165) is 38.2 Å². The van der Waals surface area contributed by atoms with E-state index in [-0.39, 0.29) is 12.0 Å². The lowest BCUT2D eigenvalue weighted by atomic mass is 10.0. The van der Waals surface area contributed by atoms with Gasteiger partial charge in [-0.1, -0.05) is 5.16 Å². The third kappa shape index (κ3) is 3.16. The zero-order valence-corrected chi connectivity index (χ0v) is 11.7. The summed E-state index contributed by atoms with van der Waals surface area (Å²) in [5.74, 6) is 1.21. The van der Waals surface area contributed by atoms with Gasteiger partial charge >= 0.3 is 5.97 Å². The number of hydrogen-bond acceptors (Lipinski definition) is 7. The number of rotatable bonds is 4. The first-order valence-electron chi connectivity index (χ1n) is 7.15. The van der Waals surface area contributed by atoms with E-state index in [1.54, 1.807) is 6.92 Å². The molecule has 0 aliphatic carbocycles. The van der Waals surface area contributed by atoms with Crippen LogP contribution >= 0.6 is 0 Å². The second-order valence-electron chi connectivity index (χ2n) is 5.48. The molecule has 0 bridgehead atoms. The van der Waals surface area contributed by atoms with Crippen molar-refractivity contribution in [3.63, 3.8) is 0 Å². The Kier molecular flexibility index (Phi) is 3.98. The van der Waals surface area contributed by atoms with Crippen molar-refractivity contribution >= 4 is 5.97 Å². The molecule has 2 fully saturated rings. The summed E-state index contributed by atoms with van der Waals surface area (Å²) >= 11 is 0. The summed E-state index contributed by atoms with van der Waals surface area (Å²) in [5, 5.41) is 7.34. The Morgan fingerprint density at radius 2 is 2.35 bits per heavy atom. The highest BCUT2D eigenvalue weighted by atomic mass is 16.5. The van der Waals surface area contributed by atoms with Gasteiger partial charge in [-0.2, -0.15) is 4.98 Å². The van der Waals surface area contributed by atoms with Crippen LogP contribution in [0.5, 0.6) is 0 Å². The number of likely N-dealkylation sites (tertiary alicyclic amines) is 1. The molecule has 0 radical (unpaired) electrons. The predicted molar refractivity (Wildman–Crippen MR) is 69.8 cm³/mol. The molecule has 1 aromatic heterocycles. The molecule has 2 aliphatic rings. The molecule has 2 atom stereocenters. The third-order valence-electron chi connectivity index (χ3n) is 3.81. The Morgan fingerprint density at radius 1 is 1.45 bits per heavy atom. The number of ether oxygens (including phenoxy) is 1. The van der Waals surface area contributed by atoms with Crippen LogP contribution in [0.4, 0.5) is 0 Å². The summed E-state index contributed by atoms with van der Waals surface area (Å²) in [6.07, 6.45) is 2.97. The molecule has 7 nitrogen and oxygen atoms in total. The Bertz CT molecular complexity index is 476. The molecule has 0 spiro atoms. The smallest absolute Gasteiger partial charge is 0.323 e. The molecule has 0 aromatic carbocycles. The van der Waals surface area contributed by atoms with E-state index in [0.29, 0.717) is 25.1 Å². The summed E-state index contributed by atoms with van der Waals surface area (Å²) in [4.78, 5) is 18.0.